The molecule has 0 N–H and O–H groups in total. The van der Waals surface area contributed by atoms with Gasteiger partial charge in [0, 0.05) is 22.6 Å². The van der Waals surface area contributed by atoms with E-state index in [0.29, 0.717) is 7.53 Å². The van der Waals surface area contributed by atoms with E-state index in [1.54, 1.807) is 0 Å². The van der Waals surface area contributed by atoms with Crippen molar-refractivity contribution in [3.63, 3.8) is 0 Å². The number of rotatable bonds is 3. The second-order valence-electron chi connectivity index (χ2n) is 3.28. The number of halogens is 2. The minimum absolute atomic E-state index is 0.145. The van der Waals surface area contributed by atoms with Gasteiger partial charge < -0.3 is 4.74 Å². The molecule has 1 aromatic carbocycles. The zero-order valence-corrected chi connectivity index (χ0v) is 13.3. The summed E-state index contributed by atoms with van der Waals surface area (Å²) in [5, 5.41) is 7.52. The SMILES string of the molecule is O=C(OCc1ccccc1)c1nnc(I)nc1I. The Hall–Kier alpha value is -0.840. The summed E-state index contributed by atoms with van der Waals surface area (Å²) in [7, 11) is 0. The molecule has 92 valence electrons. The second kappa shape index (κ2) is 6.36. The minimum atomic E-state index is -0.514. The van der Waals surface area contributed by atoms with Crippen molar-refractivity contribution in [2.75, 3.05) is 0 Å². The van der Waals surface area contributed by atoms with Crippen molar-refractivity contribution in [1.29, 1.82) is 0 Å². The Balaban J connectivity index is 2.04. The number of hydrogen-bond acceptors (Lipinski definition) is 5. The van der Waals surface area contributed by atoms with Crippen molar-refractivity contribution in [3.8, 4) is 0 Å². The lowest BCUT2D eigenvalue weighted by molar-refractivity contribution is 0.0462. The molecule has 0 fully saturated rings. The number of carbonyl (C=O) groups excluding carboxylic acids is 1. The van der Waals surface area contributed by atoms with Crippen molar-refractivity contribution in [3.05, 3.63) is 49.1 Å². The molecule has 0 aliphatic rings. The summed E-state index contributed by atoms with van der Waals surface area (Å²) < 4.78 is 6.13. The van der Waals surface area contributed by atoms with Gasteiger partial charge in [0.25, 0.3) is 0 Å². The molecule has 0 spiro atoms. The van der Waals surface area contributed by atoms with E-state index in [2.05, 4.69) is 15.2 Å². The Morgan fingerprint density at radius 3 is 2.56 bits per heavy atom. The van der Waals surface area contributed by atoms with E-state index >= 15 is 0 Å². The second-order valence-corrected chi connectivity index (χ2v) is 5.27. The van der Waals surface area contributed by atoms with Crippen LogP contribution in [0.15, 0.2) is 30.3 Å². The number of aromatic nitrogens is 3. The van der Waals surface area contributed by atoms with Crippen LogP contribution in [0.1, 0.15) is 16.1 Å². The van der Waals surface area contributed by atoms with E-state index in [4.69, 9.17) is 4.74 Å². The van der Waals surface area contributed by atoms with Crippen LogP contribution in [0.3, 0.4) is 0 Å². The zero-order valence-electron chi connectivity index (χ0n) is 9.01. The van der Waals surface area contributed by atoms with Crippen LogP contribution in [0.2, 0.25) is 0 Å². The zero-order chi connectivity index (χ0) is 13.0. The molecule has 1 aromatic heterocycles. The molecule has 0 radical (unpaired) electrons. The molecule has 2 rings (SSSR count). The maximum Gasteiger partial charge on any atom is 0.361 e. The Morgan fingerprint density at radius 2 is 1.89 bits per heavy atom. The standard InChI is InChI=1S/C11H7I2N3O2/c12-9-8(15-16-11(13)14-9)10(17)18-6-7-4-2-1-3-5-7/h1-5H,6H2. The van der Waals surface area contributed by atoms with Gasteiger partial charge in [-0.2, -0.15) is 0 Å². The molecule has 7 heteroatoms. The number of esters is 1. The Bertz CT molecular complexity index is 563. The van der Waals surface area contributed by atoms with E-state index in [0.717, 1.165) is 5.56 Å². The van der Waals surface area contributed by atoms with Crippen LogP contribution >= 0.6 is 45.2 Å². The first-order chi connectivity index (χ1) is 8.66. The highest BCUT2D eigenvalue weighted by atomic mass is 127. The van der Waals surface area contributed by atoms with Crippen molar-refractivity contribution in [2.24, 2.45) is 0 Å². The third-order valence-electron chi connectivity index (χ3n) is 2.02. The van der Waals surface area contributed by atoms with Crippen molar-refractivity contribution in [2.45, 2.75) is 6.61 Å². The maximum atomic E-state index is 11.8. The summed E-state index contributed by atoms with van der Waals surface area (Å²) >= 11 is 3.87. The van der Waals surface area contributed by atoms with Gasteiger partial charge in [0.2, 0.25) is 9.53 Å². The van der Waals surface area contributed by atoms with Gasteiger partial charge in [-0.05, 0) is 28.2 Å². The average Bonchev–Trinajstić information content (AvgIpc) is 2.37. The maximum absolute atomic E-state index is 11.8. The van der Waals surface area contributed by atoms with Gasteiger partial charge >= 0.3 is 5.97 Å². The first-order valence-electron chi connectivity index (χ1n) is 4.93. The van der Waals surface area contributed by atoms with Crippen LogP contribution in [-0.4, -0.2) is 21.2 Å². The highest BCUT2D eigenvalue weighted by Crippen LogP contribution is 2.10. The van der Waals surface area contributed by atoms with Gasteiger partial charge in [-0.25, -0.2) is 9.78 Å². The van der Waals surface area contributed by atoms with Crippen LogP contribution in [-0.2, 0) is 11.3 Å². The molecular weight excluding hydrogens is 460 g/mol. The topological polar surface area (TPSA) is 65.0 Å². The molecule has 18 heavy (non-hydrogen) atoms. The quantitative estimate of drug-likeness (QED) is 0.513. The first kappa shape index (κ1) is 13.6. The normalized spacial score (nSPS) is 10.1. The lowest BCUT2D eigenvalue weighted by Crippen LogP contribution is -2.13. The van der Waals surface area contributed by atoms with Crippen molar-refractivity contribution < 1.29 is 9.53 Å². The largest absolute Gasteiger partial charge is 0.456 e. The number of ether oxygens (including phenoxy) is 1. The fourth-order valence-corrected chi connectivity index (χ4v) is 2.57. The number of hydrogen-bond donors (Lipinski definition) is 0. The monoisotopic (exact) mass is 467 g/mol. The molecule has 0 aliphatic carbocycles. The van der Waals surface area contributed by atoms with E-state index in [-0.39, 0.29) is 12.3 Å². The molecule has 0 bridgehead atoms. The van der Waals surface area contributed by atoms with Crippen LogP contribution in [0.25, 0.3) is 0 Å². The van der Waals surface area contributed by atoms with Gasteiger partial charge in [-0.1, -0.05) is 30.3 Å². The third kappa shape index (κ3) is 3.57. The highest BCUT2D eigenvalue weighted by molar-refractivity contribution is 14.1. The Morgan fingerprint density at radius 1 is 1.17 bits per heavy atom. The van der Waals surface area contributed by atoms with Gasteiger partial charge in [0.1, 0.15) is 10.3 Å². The fraction of sp³-hybridized carbons (Fsp3) is 0.0909. The van der Waals surface area contributed by atoms with Crippen molar-refractivity contribution in [1.82, 2.24) is 15.2 Å². The minimum Gasteiger partial charge on any atom is -0.456 e. The van der Waals surface area contributed by atoms with E-state index in [1.807, 2.05) is 75.5 Å². The average molecular weight is 467 g/mol. The molecule has 0 saturated carbocycles. The Kier molecular flexibility index (Phi) is 4.80. The summed E-state index contributed by atoms with van der Waals surface area (Å²) in [5.74, 6) is -0.514. The number of benzene rings is 1. The van der Waals surface area contributed by atoms with Crippen LogP contribution < -0.4 is 0 Å². The fourth-order valence-electron chi connectivity index (χ4n) is 1.21. The van der Waals surface area contributed by atoms with Crippen molar-refractivity contribution >= 4 is 51.2 Å². The smallest absolute Gasteiger partial charge is 0.361 e. The predicted molar refractivity (Wildman–Crippen MR) is 80.8 cm³/mol. The Labute approximate surface area is 131 Å². The van der Waals surface area contributed by atoms with E-state index < -0.39 is 5.97 Å². The summed E-state index contributed by atoms with van der Waals surface area (Å²) in [5.41, 5.74) is 1.07. The van der Waals surface area contributed by atoms with Gasteiger partial charge in [0.15, 0.2) is 0 Å². The number of nitrogens with zero attached hydrogens (tertiary/aromatic N) is 3. The van der Waals surface area contributed by atoms with Gasteiger partial charge in [-0.15, -0.1) is 10.2 Å². The van der Waals surface area contributed by atoms with Crippen LogP contribution in [0.4, 0.5) is 0 Å². The number of carbonyl (C=O) groups is 1. The molecule has 1 heterocycles. The van der Waals surface area contributed by atoms with E-state index in [9.17, 15) is 4.79 Å². The summed E-state index contributed by atoms with van der Waals surface area (Å²) in [6.07, 6.45) is 0. The van der Waals surface area contributed by atoms with Gasteiger partial charge in [-0.3, -0.25) is 0 Å². The molecular formula is C11H7I2N3O2. The van der Waals surface area contributed by atoms with Crippen LogP contribution in [0.5, 0.6) is 0 Å². The predicted octanol–water partition coefficient (Wildman–Crippen LogP) is 2.44. The molecule has 0 atom stereocenters. The lowest BCUT2D eigenvalue weighted by Gasteiger charge is -2.04. The highest BCUT2D eigenvalue weighted by Gasteiger charge is 2.16. The lowest BCUT2D eigenvalue weighted by atomic mass is 10.2. The molecule has 2 aromatic rings. The van der Waals surface area contributed by atoms with Crippen LogP contribution in [0, 0.1) is 7.53 Å². The summed E-state index contributed by atoms with van der Waals surface area (Å²) in [6.45, 7) is 0.212. The summed E-state index contributed by atoms with van der Waals surface area (Å²) in [6, 6.07) is 9.45. The van der Waals surface area contributed by atoms with Gasteiger partial charge in [0.05, 0.1) is 0 Å². The molecule has 0 aliphatic heterocycles. The van der Waals surface area contributed by atoms with E-state index in [1.165, 1.54) is 0 Å². The first-order valence-corrected chi connectivity index (χ1v) is 7.09. The molecule has 0 amide bonds. The molecule has 0 unspecified atom stereocenters. The molecule has 0 saturated heterocycles. The molecule has 5 nitrogen and oxygen atoms in total. The third-order valence-corrected chi connectivity index (χ3v) is 3.23. The summed E-state index contributed by atoms with van der Waals surface area (Å²) in [4.78, 5) is 15.8.